The van der Waals surface area contributed by atoms with Crippen LogP contribution in [0.3, 0.4) is 0 Å². The summed E-state index contributed by atoms with van der Waals surface area (Å²) in [6, 6.07) is 3.12. The summed E-state index contributed by atoms with van der Waals surface area (Å²) in [7, 11) is 2.15. The fourth-order valence-electron chi connectivity index (χ4n) is 1.49. The zero-order valence-electron chi connectivity index (χ0n) is 8.58. The molecule has 1 N–H and O–H groups in total. The molecule has 1 aliphatic rings. The van der Waals surface area contributed by atoms with Crippen LogP contribution in [0.15, 0.2) is 0 Å². The van der Waals surface area contributed by atoms with E-state index in [9.17, 15) is 0 Å². The van der Waals surface area contributed by atoms with Gasteiger partial charge in [-0.15, -0.1) is 0 Å². The SMILES string of the molecule is CCNC(C#N)CCN(C)C1CC1. The zero-order chi connectivity index (χ0) is 9.68. The van der Waals surface area contributed by atoms with Crippen molar-refractivity contribution in [2.24, 2.45) is 0 Å². The maximum Gasteiger partial charge on any atom is 0.0965 e. The molecule has 0 saturated heterocycles. The van der Waals surface area contributed by atoms with Crippen LogP contribution in [0.2, 0.25) is 0 Å². The standard InChI is InChI=1S/C10H19N3/c1-3-12-9(8-11)6-7-13(2)10-4-5-10/h9-10,12H,3-7H2,1-2H3. The van der Waals surface area contributed by atoms with Crippen LogP contribution in [0, 0.1) is 11.3 Å². The average Bonchev–Trinajstić information content (AvgIpc) is 2.94. The Morgan fingerprint density at radius 3 is 2.77 bits per heavy atom. The Balaban J connectivity index is 2.11. The third-order valence-electron chi connectivity index (χ3n) is 2.55. The van der Waals surface area contributed by atoms with E-state index in [2.05, 4.69) is 23.3 Å². The first-order valence-corrected chi connectivity index (χ1v) is 5.11. The average molecular weight is 181 g/mol. The maximum atomic E-state index is 8.79. The molecule has 0 heterocycles. The van der Waals surface area contributed by atoms with Crippen LogP contribution in [0.1, 0.15) is 26.2 Å². The molecule has 1 rings (SSSR count). The molecule has 0 aromatic rings. The lowest BCUT2D eigenvalue weighted by atomic mass is 10.2. The van der Waals surface area contributed by atoms with Gasteiger partial charge in [0.25, 0.3) is 0 Å². The summed E-state index contributed by atoms with van der Waals surface area (Å²) >= 11 is 0. The third-order valence-corrected chi connectivity index (χ3v) is 2.55. The van der Waals surface area contributed by atoms with Crippen molar-refractivity contribution >= 4 is 0 Å². The maximum absolute atomic E-state index is 8.79. The summed E-state index contributed by atoms with van der Waals surface area (Å²) in [4.78, 5) is 2.36. The topological polar surface area (TPSA) is 39.1 Å². The highest BCUT2D eigenvalue weighted by Gasteiger charge is 2.25. The van der Waals surface area contributed by atoms with Gasteiger partial charge in [-0.25, -0.2) is 0 Å². The smallest absolute Gasteiger partial charge is 0.0965 e. The highest BCUT2D eigenvalue weighted by Crippen LogP contribution is 2.25. The van der Waals surface area contributed by atoms with E-state index in [1.54, 1.807) is 0 Å². The molecule has 0 aromatic heterocycles. The Bertz CT molecular complexity index is 181. The van der Waals surface area contributed by atoms with E-state index < -0.39 is 0 Å². The Labute approximate surface area is 80.7 Å². The quantitative estimate of drug-likeness (QED) is 0.663. The number of hydrogen-bond acceptors (Lipinski definition) is 3. The molecule has 0 bridgehead atoms. The molecule has 0 spiro atoms. The zero-order valence-corrected chi connectivity index (χ0v) is 8.58. The van der Waals surface area contributed by atoms with Gasteiger partial charge in [-0.2, -0.15) is 5.26 Å². The predicted molar refractivity (Wildman–Crippen MR) is 53.3 cm³/mol. The van der Waals surface area contributed by atoms with Crippen LogP contribution >= 0.6 is 0 Å². The molecular formula is C10H19N3. The number of rotatable bonds is 6. The largest absolute Gasteiger partial charge is 0.303 e. The molecule has 1 fully saturated rings. The van der Waals surface area contributed by atoms with Gasteiger partial charge in [-0.05, 0) is 32.9 Å². The summed E-state index contributed by atoms with van der Waals surface area (Å²) in [5, 5.41) is 12.0. The van der Waals surface area contributed by atoms with Crippen molar-refractivity contribution < 1.29 is 0 Å². The molecule has 74 valence electrons. The lowest BCUT2D eigenvalue weighted by molar-refractivity contribution is 0.309. The lowest BCUT2D eigenvalue weighted by Crippen LogP contribution is -2.32. The second kappa shape index (κ2) is 5.21. The van der Waals surface area contributed by atoms with Crippen molar-refractivity contribution in [3.05, 3.63) is 0 Å². The Morgan fingerprint density at radius 1 is 1.62 bits per heavy atom. The van der Waals surface area contributed by atoms with Crippen molar-refractivity contribution in [3.63, 3.8) is 0 Å². The minimum absolute atomic E-state index is 0.0335. The van der Waals surface area contributed by atoms with E-state index in [0.29, 0.717) is 0 Å². The van der Waals surface area contributed by atoms with Gasteiger partial charge in [-0.1, -0.05) is 6.92 Å². The second-order valence-electron chi connectivity index (χ2n) is 3.74. The molecule has 0 aliphatic heterocycles. The second-order valence-corrected chi connectivity index (χ2v) is 3.74. The van der Waals surface area contributed by atoms with E-state index in [-0.39, 0.29) is 6.04 Å². The third kappa shape index (κ3) is 3.75. The van der Waals surface area contributed by atoms with Crippen molar-refractivity contribution in [1.29, 1.82) is 5.26 Å². The van der Waals surface area contributed by atoms with Gasteiger partial charge in [0.2, 0.25) is 0 Å². The van der Waals surface area contributed by atoms with Crippen molar-refractivity contribution in [3.8, 4) is 6.07 Å². The van der Waals surface area contributed by atoms with Gasteiger partial charge < -0.3 is 10.2 Å². The fraction of sp³-hybridized carbons (Fsp3) is 0.900. The van der Waals surface area contributed by atoms with Crippen molar-refractivity contribution in [2.75, 3.05) is 20.1 Å². The highest BCUT2D eigenvalue weighted by molar-refractivity contribution is 4.91. The van der Waals surface area contributed by atoms with Gasteiger partial charge >= 0.3 is 0 Å². The number of nitrogens with one attached hydrogen (secondary N) is 1. The molecule has 13 heavy (non-hydrogen) atoms. The van der Waals surface area contributed by atoms with Crippen LogP contribution < -0.4 is 5.32 Å². The lowest BCUT2D eigenvalue weighted by Gasteiger charge is -2.17. The molecule has 1 atom stereocenters. The molecule has 1 unspecified atom stereocenters. The summed E-state index contributed by atoms with van der Waals surface area (Å²) in [6.07, 6.45) is 3.63. The van der Waals surface area contributed by atoms with Gasteiger partial charge in [0.1, 0.15) is 0 Å². The Hall–Kier alpha value is -0.590. The van der Waals surface area contributed by atoms with Crippen molar-refractivity contribution in [1.82, 2.24) is 10.2 Å². The molecule has 1 aliphatic carbocycles. The first-order chi connectivity index (χ1) is 6.27. The monoisotopic (exact) mass is 181 g/mol. The minimum atomic E-state index is 0.0335. The van der Waals surface area contributed by atoms with E-state index in [4.69, 9.17) is 5.26 Å². The molecule has 1 saturated carbocycles. The predicted octanol–water partition coefficient (Wildman–Crippen LogP) is 0.972. The van der Waals surface area contributed by atoms with Gasteiger partial charge in [0, 0.05) is 12.6 Å². The summed E-state index contributed by atoms with van der Waals surface area (Å²) in [5.41, 5.74) is 0. The molecular weight excluding hydrogens is 162 g/mol. The van der Waals surface area contributed by atoms with Crippen LogP contribution in [0.4, 0.5) is 0 Å². The fourth-order valence-corrected chi connectivity index (χ4v) is 1.49. The van der Waals surface area contributed by atoms with E-state index in [1.165, 1.54) is 12.8 Å². The van der Waals surface area contributed by atoms with E-state index in [0.717, 1.165) is 25.6 Å². The van der Waals surface area contributed by atoms with Gasteiger partial charge in [0.05, 0.1) is 12.1 Å². The molecule has 0 aromatic carbocycles. The first-order valence-electron chi connectivity index (χ1n) is 5.11. The molecule has 0 radical (unpaired) electrons. The van der Waals surface area contributed by atoms with Crippen LogP contribution in [0.5, 0.6) is 0 Å². The van der Waals surface area contributed by atoms with E-state index in [1.807, 2.05) is 6.92 Å². The number of nitrogens with zero attached hydrogens (tertiary/aromatic N) is 2. The highest BCUT2D eigenvalue weighted by atomic mass is 15.1. The molecule has 3 nitrogen and oxygen atoms in total. The summed E-state index contributed by atoms with van der Waals surface area (Å²) in [6.45, 7) is 3.95. The van der Waals surface area contributed by atoms with Gasteiger partial charge in [-0.3, -0.25) is 0 Å². The van der Waals surface area contributed by atoms with Gasteiger partial charge in [0.15, 0.2) is 0 Å². The van der Waals surface area contributed by atoms with Crippen LogP contribution in [-0.2, 0) is 0 Å². The first kappa shape index (κ1) is 10.5. The minimum Gasteiger partial charge on any atom is -0.303 e. The van der Waals surface area contributed by atoms with Crippen LogP contribution in [0.25, 0.3) is 0 Å². The summed E-state index contributed by atoms with van der Waals surface area (Å²) in [5.74, 6) is 0. The molecule has 0 amide bonds. The Kier molecular flexibility index (Phi) is 4.20. The van der Waals surface area contributed by atoms with Crippen LogP contribution in [-0.4, -0.2) is 37.1 Å². The summed E-state index contributed by atoms with van der Waals surface area (Å²) < 4.78 is 0. The number of hydrogen-bond donors (Lipinski definition) is 1. The Morgan fingerprint density at radius 2 is 2.31 bits per heavy atom. The van der Waals surface area contributed by atoms with Crippen molar-refractivity contribution in [2.45, 2.75) is 38.3 Å². The van der Waals surface area contributed by atoms with E-state index >= 15 is 0 Å². The number of nitriles is 1. The molecule has 3 heteroatoms. The normalized spacial score (nSPS) is 18.6.